The largest absolute Gasteiger partial charge is 0.298 e. The molecule has 1 aliphatic heterocycles. The maximum Gasteiger partial charge on any atom is 0.239 e. The number of hydrogen-bond acceptors (Lipinski definition) is 3. The van der Waals surface area contributed by atoms with E-state index in [0.29, 0.717) is 12.1 Å². The standard InChI is InChI=1S/C35H29NO3/c1-3-20-35-28(24-15-8-5-9-16-24)27(23-13-6-4-7-14-23)34(2,33(35)39)29-30(35)32(38)36(31(29)37)26-19-18-22-12-10-11-17-25(22)21-26/h4-19,21,29-30H,3,20H2,1-2H3/t29-,30-,34+,35-/m1/s1. The number of rotatable bonds is 5. The van der Waals surface area contributed by atoms with Crippen LogP contribution in [0.5, 0.6) is 0 Å². The van der Waals surface area contributed by atoms with Gasteiger partial charge < -0.3 is 0 Å². The highest BCUT2D eigenvalue weighted by Crippen LogP contribution is 2.75. The molecule has 2 fully saturated rings. The van der Waals surface area contributed by atoms with Gasteiger partial charge in [0.05, 0.1) is 28.4 Å². The first-order valence-corrected chi connectivity index (χ1v) is 13.7. The smallest absolute Gasteiger partial charge is 0.239 e. The maximum absolute atomic E-state index is 14.7. The summed E-state index contributed by atoms with van der Waals surface area (Å²) in [4.78, 5) is 44.9. The van der Waals surface area contributed by atoms with E-state index in [9.17, 15) is 14.4 Å². The number of fused-ring (bicyclic) bond motifs is 6. The summed E-state index contributed by atoms with van der Waals surface area (Å²) in [5.74, 6) is -1.97. The average Bonchev–Trinajstić information content (AvgIpc) is 3.43. The third-order valence-electron chi connectivity index (χ3n) is 9.31. The molecule has 4 aromatic rings. The third kappa shape index (κ3) is 2.92. The number of carbonyl (C=O) groups excluding carboxylic acids is 3. The number of amides is 2. The van der Waals surface area contributed by atoms with Gasteiger partial charge in [0.15, 0.2) is 5.78 Å². The van der Waals surface area contributed by atoms with E-state index < -0.39 is 22.7 Å². The molecule has 39 heavy (non-hydrogen) atoms. The van der Waals surface area contributed by atoms with Gasteiger partial charge >= 0.3 is 0 Å². The van der Waals surface area contributed by atoms with Crippen molar-refractivity contribution in [2.24, 2.45) is 22.7 Å². The molecule has 4 heteroatoms. The SMILES string of the molecule is CCC[C@@]12C(=O)[C@@](C)(C(c3ccccc3)=C1c1ccccc1)[C@H]1C(=O)N(c3ccc4ccccc4c3)C(=O)[C@@H]12. The number of hydrogen-bond donors (Lipinski definition) is 0. The molecular weight excluding hydrogens is 482 g/mol. The monoisotopic (exact) mass is 511 g/mol. The Labute approximate surface area is 228 Å². The highest BCUT2D eigenvalue weighted by molar-refractivity contribution is 6.34. The highest BCUT2D eigenvalue weighted by Gasteiger charge is 2.80. The average molecular weight is 512 g/mol. The quantitative estimate of drug-likeness (QED) is 0.273. The topological polar surface area (TPSA) is 54.5 Å². The van der Waals surface area contributed by atoms with E-state index in [4.69, 9.17) is 0 Å². The van der Waals surface area contributed by atoms with Crippen LogP contribution in [-0.4, -0.2) is 17.6 Å². The van der Waals surface area contributed by atoms with Gasteiger partial charge in [-0.25, -0.2) is 4.90 Å². The Kier molecular flexibility index (Phi) is 5.09. The van der Waals surface area contributed by atoms with Crippen LogP contribution in [0.2, 0.25) is 0 Å². The Hall–Kier alpha value is -4.31. The summed E-state index contributed by atoms with van der Waals surface area (Å²) >= 11 is 0. The van der Waals surface area contributed by atoms with Crippen molar-refractivity contribution >= 4 is 45.2 Å². The normalized spacial score (nSPS) is 27.6. The summed E-state index contributed by atoms with van der Waals surface area (Å²) in [6.45, 7) is 3.97. The van der Waals surface area contributed by atoms with Crippen LogP contribution in [0.3, 0.4) is 0 Å². The van der Waals surface area contributed by atoms with E-state index in [2.05, 4.69) is 6.92 Å². The minimum Gasteiger partial charge on any atom is -0.298 e. The minimum atomic E-state index is -1.11. The van der Waals surface area contributed by atoms with Gasteiger partial charge in [-0.1, -0.05) is 104 Å². The number of benzene rings is 4. The molecule has 7 rings (SSSR count). The summed E-state index contributed by atoms with van der Waals surface area (Å²) in [5, 5.41) is 2.01. The third-order valence-corrected chi connectivity index (χ3v) is 9.31. The molecule has 3 aliphatic rings. The molecule has 0 unspecified atom stereocenters. The van der Waals surface area contributed by atoms with Gasteiger partial charge in [0.25, 0.3) is 0 Å². The van der Waals surface area contributed by atoms with Crippen molar-refractivity contribution in [2.75, 3.05) is 4.90 Å². The Bertz CT molecular complexity index is 1710. The Morgan fingerprint density at radius 1 is 0.667 bits per heavy atom. The molecule has 0 aromatic heterocycles. The van der Waals surface area contributed by atoms with Crippen molar-refractivity contribution < 1.29 is 14.4 Å². The van der Waals surface area contributed by atoms with Crippen LogP contribution in [0.15, 0.2) is 103 Å². The minimum absolute atomic E-state index is 0.0180. The van der Waals surface area contributed by atoms with E-state index in [-0.39, 0.29) is 17.6 Å². The van der Waals surface area contributed by atoms with Crippen molar-refractivity contribution in [3.63, 3.8) is 0 Å². The van der Waals surface area contributed by atoms with E-state index in [1.807, 2.05) is 110 Å². The first-order valence-electron chi connectivity index (χ1n) is 13.7. The molecule has 1 saturated heterocycles. The summed E-state index contributed by atoms with van der Waals surface area (Å²) < 4.78 is 0. The van der Waals surface area contributed by atoms with Gasteiger partial charge in [0.2, 0.25) is 11.8 Å². The number of carbonyl (C=O) groups is 3. The van der Waals surface area contributed by atoms with E-state index in [0.717, 1.165) is 39.5 Å². The van der Waals surface area contributed by atoms with Gasteiger partial charge in [0, 0.05) is 0 Å². The van der Waals surface area contributed by atoms with Crippen LogP contribution in [-0.2, 0) is 14.4 Å². The fraction of sp³-hybridized carbons (Fsp3) is 0.229. The summed E-state index contributed by atoms with van der Waals surface area (Å²) in [5.41, 5.74) is 2.12. The first-order chi connectivity index (χ1) is 18.9. The fourth-order valence-corrected chi connectivity index (χ4v) is 7.93. The van der Waals surface area contributed by atoms with Gasteiger partial charge in [-0.15, -0.1) is 0 Å². The zero-order valence-corrected chi connectivity index (χ0v) is 22.1. The number of allylic oxidation sites excluding steroid dienone is 2. The van der Waals surface area contributed by atoms with Crippen LogP contribution in [0, 0.1) is 22.7 Å². The maximum atomic E-state index is 14.7. The molecule has 2 bridgehead atoms. The van der Waals surface area contributed by atoms with E-state index >= 15 is 0 Å². The number of Topliss-reactive ketones (excluding diaryl/α,β-unsaturated/α-hetero) is 1. The van der Waals surface area contributed by atoms with Gasteiger partial charge in [0.1, 0.15) is 0 Å². The molecule has 2 aliphatic carbocycles. The van der Waals surface area contributed by atoms with Crippen molar-refractivity contribution in [1.82, 2.24) is 0 Å². The number of ketones is 1. The van der Waals surface area contributed by atoms with Gasteiger partial charge in [-0.3, -0.25) is 14.4 Å². The molecule has 1 heterocycles. The van der Waals surface area contributed by atoms with Crippen LogP contribution in [0.1, 0.15) is 37.8 Å². The predicted molar refractivity (Wildman–Crippen MR) is 154 cm³/mol. The fourth-order valence-electron chi connectivity index (χ4n) is 7.93. The molecule has 0 radical (unpaired) electrons. The Morgan fingerprint density at radius 2 is 1.23 bits per heavy atom. The summed E-state index contributed by atoms with van der Waals surface area (Å²) in [6.07, 6.45) is 1.24. The van der Waals surface area contributed by atoms with Crippen LogP contribution < -0.4 is 4.90 Å². The lowest BCUT2D eigenvalue weighted by Crippen LogP contribution is -2.41. The predicted octanol–water partition coefficient (Wildman–Crippen LogP) is 6.95. The van der Waals surface area contributed by atoms with Crippen LogP contribution in [0.4, 0.5) is 5.69 Å². The molecule has 192 valence electrons. The first kappa shape index (κ1) is 23.8. The van der Waals surface area contributed by atoms with Crippen molar-refractivity contribution in [1.29, 1.82) is 0 Å². The Balaban J connectivity index is 1.49. The summed E-state index contributed by atoms with van der Waals surface area (Å²) in [7, 11) is 0. The van der Waals surface area contributed by atoms with Crippen molar-refractivity contribution in [3.8, 4) is 0 Å². The lowest BCUT2D eigenvalue weighted by molar-refractivity contribution is -0.134. The van der Waals surface area contributed by atoms with Crippen LogP contribution in [0.25, 0.3) is 21.9 Å². The van der Waals surface area contributed by atoms with Crippen molar-refractivity contribution in [2.45, 2.75) is 26.7 Å². The second-order valence-electron chi connectivity index (χ2n) is 11.2. The molecule has 2 amide bonds. The zero-order chi connectivity index (χ0) is 26.9. The van der Waals surface area contributed by atoms with Crippen LogP contribution >= 0.6 is 0 Å². The second kappa shape index (κ2) is 8.34. The van der Waals surface area contributed by atoms with E-state index in [1.165, 1.54) is 4.90 Å². The molecular formula is C35H29NO3. The van der Waals surface area contributed by atoms with Gasteiger partial charge in [-0.2, -0.15) is 0 Å². The molecule has 0 N–H and O–H groups in total. The number of anilines is 1. The molecule has 4 atom stereocenters. The van der Waals surface area contributed by atoms with E-state index in [1.54, 1.807) is 0 Å². The molecule has 0 spiro atoms. The Morgan fingerprint density at radius 3 is 1.87 bits per heavy atom. The van der Waals surface area contributed by atoms with Gasteiger partial charge in [-0.05, 0) is 58.5 Å². The second-order valence-corrected chi connectivity index (χ2v) is 11.2. The van der Waals surface area contributed by atoms with Crippen molar-refractivity contribution in [3.05, 3.63) is 114 Å². The lowest BCUT2D eigenvalue weighted by atomic mass is 9.61. The lowest BCUT2D eigenvalue weighted by Gasteiger charge is -2.37. The number of nitrogens with zero attached hydrogens (tertiary/aromatic N) is 1. The summed E-state index contributed by atoms with van der Waals surface area (Å²) in [6, 6.07) is 33.6. The molecule has 4 aromatic carbocycles. The number of imide groups is 1. The molecule has 4 nitrogen and oxygen atoms in total. The zero-order valence-electron chi connectivity index (χ0n) is 22.1. The molecule has 1 saturated carbocycles. The highest BCUT2D eigenvalue weighted by atomic mass is 16.2.